The molecule has 172 valence electrons. The highest BCUT2D eigenvalue weighted by Crippen LogP contribution is 2.13. The standard InChI is InChI=1S/C25H28N4O4/c1-3-17(2)28-25(32)19-6-4-7-21(14-19)26-16-23(30)29-20-11-9-18(10-12-20)24(31)27-15-22-8-5-13-33-22/h4-14,17,26H,3,15-16H2,1-2H3,(H,27,31)(H,28,32)(H,29,30). The Hall–Kier alpha value is -4.07. The number of rotatable bonds is 10. The molecular weight excluding hydrogens is 420 g/mol. The van der Waals surface area contributed by atoms with Crippen LogP contribution in [0.5, 0.6) is 0 Å². The van der Waals surface area contributed by atoms with Gasteiger partial charge in [0.15, 0.2) is 0 Å². The molecule has 0 spiro atoms. The van der Waals surface area contributed by atoms with Gasteiger partial charge in [-0.05, 0) is 67.9 Å². The van der Waals surface area contributed by atoms with Crippen molar-refractivity contribution in [3.63, 3.8) is 0 Å². The van der Waals surface area contributed by atoms with E-state index in [2.05, 4.69) is 21.3 Å². The SMILES string of the molecule is CCC(C)NC(=O)c1cccc(NCC(=O)Nc2ccc(C(=O)NCc3ccco3)cc2)c1. The Morgan fingerprint density at radius 1 is 0.909 bits per heavy atom. The molecule has 0 aliphatic heterocycles. The third-order valence-electron chi connectivity index (χ3n) is 5.00. The van der Waals surface area contributed by atoms with Crippen LogP contribution < -0.4 is 21.3 Å². The predicted molar refractivity (Wildman–Crippen MR) is 127 cm³/mol. The van der Waals surface area contributed by atoms with E-state index in [9.17, 15) is 14.4 Å². The van der Waals surface area contributed by atoms with Gasteiger partial charge in [-0.15, -0.1) is 0 Å². The smallest absolute Gasteiger partial charge is 0.251 e. The van der Waals surface area contributed by atoms with Gasteiger partial charge in [0, 0.05) is 28.5 Å². The highest BCUT2D eigenvalue weighted by molar-refractivity contribution is 5.97. The zero-order chi connectivity index (χ0) is 23.6. The van der Waals surface area contributed by atoms with Crippen LogP contribution in [0, 0.1) is 0 Å². The van der Waals surface area contributed by atoms with Crippen molar-refractivity contribution in [1.82, 2.24) is 10.6 Å². The Morgan fingerprint density at radius 3 is 2.39 bits per heavy atom. The summed E-state index contributed by atoms with van der Waals surface area (Å²) in [4.78, 5) is 36.8. The van der Waals surface area contributed by atoms with Crippen LogP contribution in [0.25, 0.3) is 0 Å². The molecule has 0 aliphatic rings. The highest BCUT2D eigenvalue weighted by Gasteiger charge is 2.10. The molecule has 0 saturated heterocycles. The number of nitrogens with one attached hydrogen (secondary N) is 4. The number of hydrogen-bond acceptors (Lipinski definition) is 5. The van der Waals surface area contributed by atoms with Crippen molar-refractivity contribution in [3.05, 3.63) is 83.8 Å². The molecule has 0 radical (unpaired) electrons. The monoisotopic (exact) mass is 448 g/mol. The normalized spacial score (nSPS) is 11.3. The van der Waals surface area contributed by atoms with E-state index >= 15 is 0 Å². The number of furan rings is 1. The van der Waals surface area contributed by atoms with Crippen LogP contribution in [0.4, 0.5) is 11.4 Å². The third-order valence-corrected chi connectivity index (χ3v) is 5.00. The molecule has 8 nitrogen and oxygen atoms in total. The first-order chi connectivity index (χ1) is 15.9. The van der Waals surface area contributed by atoms with Gasteiger partial charge in [-0.2, -0.15) is 0 Å². The van der Waals surface area contributed by atoms with E-state index in [-0.39, 0.29) is 30.3 Å². The van der Waals surface area contributed by atoms with E-state index in [1.807, 2.05) is 13.8 Å². The molecule has 8 heteroatoms. The number of carbonyl (C=O) groups excluding carboxylic acids is 3. The average molecular weight is 449 g/mol. The number of hydrogen-bond donors (Lipinski definition) is 4. The van der Waals surface area contributed by atoms with Crippen LogP contribution in [0.3, 0.4) is 0 Å². The second-order valence-electron chi connectivity index (χ2n) is 7.60. The largest absolute Gasteiger partial charge is 0.467 e. The lowest BCUT2D eigenvalue weighted by molar-refractivity contribution is -0.114. The summed E-state index contributed by atoms with van der Waals surface area (Å²) in [5, 5.41) is 11.5. The molecule has 3 rings (SSSR count). The average Bonchev–Trinajstić information content (AvgIpc) is 3.35. The minimum absolute atomic E-state index is 0.0296. The van der Waals surface area contributed by atoms with Crippen molar-refractivity contribution in [3.8, 4) is 0 Å². The molecule has 4 N–H and O–H groups in total. The Balaban J connectivity index is 1.47. The summed E-state index contributed by atoms with van der Waals surface area (Å²) in [6, 6.07) is 17.2. The minimum Gasteiger partial charge on any atom is -0.467 e. The Kier molecular flexibility index (Phi) is 8.24. The third kappa shape index (κ3) is 7.24. The summed E-state index contributed by atoms with van der Waals surface area (Å²) in [5.41, 5.74) is 2.25. The zero-order valence-electron chi connectivity index (χ0n) is 18.7. The van der Waals surface area contributed by atoms with E-state index < -0.39 is 0 Å². The fourth-order valence-corrected chi connectivity index (χ4v) is 2.95. The molecule has 0 saturated carbocycles. The summed E-state index contributed by atoms with van der Waals surface area (Å²) >= 11 is 0. The maximum atomic E-state index is 12.3. The van der Waals surface area contributed by atoms with E-state index in [4.69, 9.17) is 4.42 Å². The van der Waals surface area contributed by atoms with E-state index in [0.29, 0.717) is 34.8 Å². The van der Waals surface area contributed by atoms with E-state index in [0.717, 1.165) is 6.42 Å². The first-order valence-corrected chi connectivity index (χ1v) is 10.8. The van der Waals surface area contributed by atoms with Crippen LogP contribution in [0.1, 0.15) is 46.7 Å². The Labute approximate surface area is 192 Å². The topological polar surface area (TPSA) is 112 Å². The summed E-state index contributed by atoms with van der Waals surface area (Å²) in [6.45, 7) is 4.29. The molecule has 33 heavy (non-hydrogen) atoms. The fourth-order valence-electron chi connectivity index (χ4n) is 2.95. The lowest BCUT2D eigenvalue weighted by Crippen LogP contribution is -2.31. The molecule has 3 amide bonds. The molecule has 0 aliphatic carbocycles. The van der Waals surface area contributed by atoms with Gasteiger partial charge in [0.25, 0.3) is 11.8 Å². The molecule has 1 heterocycles. The first-order valence-electron chi connectivity index (χ1n) is 10.8. The minimum atomic E-state index is -0.250. The Morgan fingerprint density at radius 2 is 1.70 bits per heavy atom. The summed E-state index contributed by atoms with van der Waals surface area (Å²) in [6.07, 6.45) is 2.40. The van der Waals surface area contributed by atoms with Gasteiger partial charge in [-0.3, -0.25) is 14.4 Å². The second kappa shape index (κ2) is 11.5. The molecule has 1 unspecified atom stereocenters. The van der Waals surface area contributed by atoms with Gasteiger partial charge < -0.3 is 25.7 Å². The highest BCUT2D eigenvalue weighted by atomic mass is 16.3. The van der Waals surface area contributed by atoms with Crippen LogP contribution in [-0.4, -0.2) is 30.3 Å². The number of anilines is 2. The van der Waals surface area contributed by atoms with Gasteiger partial charge in [-0.1, -0.05) is 13.0 Å². The molecule has 3 aromatic rings. The lowest BCUT2D eigenvalue weighted by atomic mass is 10.1. The van der Waals surface area contributed by atoms with E-state index in [1.165, 1.54) is 0 Å². The van der Waals surface area contributed by atoms with Gasteiger partial charge in [-0.25, -0.2) is 0 Å². The van der Waals surface area contributed by atoms with E-state index in [1.54, 1.807) is 66.9 Å². The maximum absolute atomic E-state index is 12.3. The fraction of sp³-hybridized carbons (Fsp3) is 0.240. The second-order valence-corrected chi connectivity index (χ2v) is 7.60. The Bertz CT molecular complexity index is 1080. The molecule has 0 bridgehead atoms. The van der Waals surface area contributed by atoms with Crippen molar-refractivity contribution < 1.29 is 18.8 Å². The zero-order valence-corrected chi connectivity index (χ0v) is 18.7. The quantitative estimate of drug-likeness (QED) is 0.377. The number of carbonyl (C=O) groups is 3. The van der Waals surface area contributed by atoms with Crippen molar-refractivity contribution in [1.29, 1.82) is 0 Å². The predicted octanol–water partition coefficient (Wildman–Crippen LogP) is 3.79. The van der Waals surface area contributed by atoms with Crippen molar-refractivity contribution in [2.45, 2.75) is 32.9 Å². The molecular formula is C25H28N4O4. The van der Waals surface area contributed by atoms with Crippen LogP contribution >= 0.6 is 0 Å². The van der Waals surface area contributed by atoms with Gasteiger partial charge in [0.1, 0.15) is 5.76 Å². The van der Waals surface area contributed by atoms with Gasteiger partial charge >= 0.3 is 0 Å². The summed E-state index contributed by atoms with van der Waals surface area (Å²) in [5.74, 6) is 0.0369. The number of benzene rings is 2. The molecule has 1 atom stereocenters. The van der Waals surface area contributed by atoms with Crippen LogP contribution in [-0.2, 0) is 11.3 Å². The van der Waals surface area contributed by atoms with Crippen molar-refractivity contribution in [2.24, 2.45) is 0 Å². The molecule has 2 aromatic carbocycles. The van der Waals surface area contributed by atoms with Crippen molar-refractivity contribution >= 4 is 29.1 Å². The van der Waals surface area contributed by atoms with Crippen molar-refractivity contribution in [2.75, 3.05) is 17.2 Å². The number of amides is 3. The molecule has 1 aromatic heterocycles. The molecule has 0 fully saturated rings. The first kappa shape index (κ1) is 23.6. The van der Waals surface area contributed by atoms with Gasteiger partial charge in [0.2, 0.25) is 5.91 Å². The maximum Gasteiger partial charge on any atom is 0.251 e. The van der Waals surface area contributed by atoms with Crippen LogP contribution in [0.15, 0.2) is 71.3 Å². The van der Waals surface area contributed by atoms with Crippen LogP contribution in [0.2, 0.25) is 0 Å². The summed E-state index contributed by atoms with van der Waals surface area (Å²) in [7, 11) is 0. The summed E-state index contributed by atoms with van der Waals surface area (Å²) < 4.78 is 5.19. The van der Waals surface area contributed by atoms with Gasteiger partial charge in [0.05, 0.1) is 19.4 Å². The lowest BCUT2D eigenvalue weighted by Gasteiger charge is -2.13.